The van der Waals surface area contributed by atoms with Crippen LogP contribution in [0.25, 0.3) is 0 Å². The number of hydrogen-bond donors (Lipinski definition) is 1. The molecule has 1 aromatic carbocycles. The van der Waals surface area contributed by atoms with Crippen molar-refractivity contribution in [3.05, 3.63) is 47.8 Å². The monoisotopic (exact) mass is 286 g/mol. The third-order valence-corrected chi connectivity index (χ3v) is 2.85. The second-order valence-corrected chi connectivity index (χ2v) is 4.86. The predicted octanol–water partition coefficient (Wildman–Crippen LogP) is 2.69. The van der Waals surface area contributed by atoms with Gasteiger partial charge >= 0.3 is 0 Å². The number of benzene rings is 1. The molecule has 0 aliphatic rings. The number of pyridine rings is 1. The van der Waals surface area contributed by atoms with E-state index >= 15 is 0 Å². The minimum atomic E-state index is -0.197. The Hall–Kier alpha value is -2.56. The number of nitrogens with zero attached hydrogens (tertiary/aromatic N) is 1. The van der Waals surface area contributed by atoms with Crippen LogP contribution in [0.1, 0.15) is 29.8 Å². The highest BCUT2D eigenvalue weighted by molar-refractivity contribution is 6.12. The Morgan fingerprint density at radius 2 is 1.95 bits per heavy atom. The van der Waals surface area contributed by atoms with Gasteiger partial charge in [0.05, 0.1) is 19.4 Å². The standard InChI is InChI=1S/C16H18N2O3/c1-10(2)21-13-6-11(8-18-9-13)16(19)14-5-4-12(20-3)7-15(14)17/h4-10H,17H2,1-3H3. The molecule has 0 amide bonds. The van der Waals surface area contributed by atoms with Crippen LogP contribution in [0.3, 0.4) is 0 Å². The molecule has 2 rings (SSSR count). The summed E-state index contributed by atoms with van der Waals surface area (Å²) in [6.07, 6.45) is 3.09. The van der Waals surface area contributed by atoms with Gasteiger partial charge < -0.3 is 15.2 Å². The highest BCUT2D eigenvalue weighted by Crippen LogP contribution is 2.23. The molecule has 110 valence electrons. The van der Waals surface area contributed by atoms with E-state index in [1.54, 1.807) is 37.6 Å². The number of ether oxygens (including phenoxy) is 2. The number of carbonyl (C=O) groups is 1. The molecule has 1 aromatic heterocycles. The van der Waals surface area contributed by atoms with Gasteiger partial charge in [0.25, 0.3) is 0 Å². The molecule has 0 unspecified atom stereocenters. The number of ketones is 1. The topological polar surface area (TPSA) is 74.4 Å². The summed E-state index contributed by atoms with van der Waals surface area (Å²) < 4.78 is 10.6. The molecule has 0 aliphatic heterocycles. The SMILES string of the molecule is COc1ccc(C(=O)c2cncc(OC(C)C)c2)c(N)c1. The van der Waals surface area contributed by atoms with Crippen LogP contribution in [0.2, 0.25) is 0 Å². The normalized spacial score (nSPS) is 10.5. The maximum Gasteiger partial charge on any atom is 0.196 e. The predicted molar refractivity (Wildman–Crippen MR) is 80.8 cm³/mol. The molecular weight excluding hydrogens is 268 g/mol. The summed E-state index contributed by atoms with van der Waals surface area (Å²) in [6, 6.07) is 6.63. The van der Waals surface area contributed by atoms with E-state index in [4.69, 9.17) is 15.2 Å². The van der Waals surface area contributed by atoms with Crippen LogP contribution >= 0.6 is 0 Å². The van der Waals surface area contributed by atoms with Gasteiger partial charge in [0.2, 0.25) is 0 Å². The Bertz CT molecular complexity index is 654. The van der Waals surface area contributed by atoms with Crippen LogP contribution in [-0.2, 0) is 0 Å². The molecule has 0 fully saturated rings. The van der Waals surface area contributed by atoms with Crippen molar-refractivity contribution in [2.45, 2.75) is 20.0 Å². The fraction of sp³-hybridized carbons (Fsp3) is 0.250. The molecule has 0 atom stereocenters. The second-order valence-electron chi connectivity index (χ2n) is 4.86. The van der Waals surface area contributed by atoms with Gasteiger partial charge in [0.1, 0.15) is 11.5 Å². The lowest BCUT2D eigenvalue weighted by atomic mass is 10.0. The Balaban J connectivity index is 2.31. The molecule has 2 aromatic rings. The Kier molecular flexibility index (Phi) is 4.42. The largest absolute Gasteiger partial charge is 0.497 e. The molecule has 21 heavy (non-hydrogen) atoms. The fourth-order valence-corrected chi connectivity index (χ4v) is 1.91. The lowest BCUT2D eigenvalue weighted by molar-refractivity contribution is 0.103. The number of carbonyl (C=O) groups excluding carboxylic acids is 1. The molecule has 0 radical (unpaired) electrons. The quantitative estimate of drug-likeness (QED) is 0.675. The third kappa shape index (κ3) is 3.51. The van der Waals surface area contributed by atoms with Gasteiger partial charge in [0, 0.05) is 29.1 Å². The summed E-state index contributed by atoms with van der Waals surface area (Å²) >= 11 is 0. The highest BCUT2D eigenvalue weighted by Gasteiger charge is 2.14. The molecule has 0 spiro atoms. The molecule has 0 saturated heterocycles. The van der Waals surface area contributed by atoms with Crippen molar-refractivity contribution in [2.75, 3.05) is 12.8 Å². The first-order valence-electron chi connectivity index (χ1n) is 6.61. The maximum absolute atomic E-state index is 12.5. The number of nitrogen functional groups attached to an aromatic ring is 1. The summed E-state index contributed by atoms with van der Waals surface area (Å²) in [5.74, 6) is 0.971. The van der Waals surface area contributed by atoms with Crippen molar-refractivity contribution >= 4 is 11.5 Å². The van der Waals surface area contributed by atoms with Crippen molar-refractivity contribution < 1.29 is 14.3 Å². The second kappa shape index (κ2) is 6.26. The smallest absolute Gasteiger partial charge is 0.196 e. The van der Waals surface area contributed by atoms with Crippen LogP contribution in [-0.4, -0.2) is 24.0 Å². The minimum Gasteiger partial charge on any atom is -0.497 e. The average Bonchev–Trinajstić information content (AvgIpc) is 2.46. The van der Waals surface area contributed by atoms with E-state index in [2.05, 4.69) is 4.98 Å². The lowest BCUT2D eigenvalue weighted by Crippen LogP contribution is -2.09. The summed E-state index contributed by atoms with van der Waals surface area (Å²) in [4.78, 5) is 16.5. The van der Waals surface area contributed by atoms with Gasteiger partial charge in [-0.3, -0.25) is 9.78 Å². The zero-order valence-electron chi connectivity index (χ0n) is 12.3. The van der Waals surface area contributed by atoms with Crippen LogP contribution < -0.4 is 15.2 Å². The zero-order chi connectivity index (χ0) is 15.4. The number of hydrogen-bond acceptors (Lipinski definition) is 5. The zero-order valence-corrected chi connectivity index (χ0v) is 12.3. The summed E-state index contributed by atoms with van der Waals surface area (Å²) in [5.41, 5.74) is 7.12. The summed E-state index contributed by atoms with van der Waals surface area (Å²) in [6.45, 7) is 3.83. The van der Waals surface area contributed by atoms with Crippen molar-refractivity contribution in [1.82, 2.24) is 4.98 Å². The summed E-state index contributed by atoms with van der Waals surface area (Å²) in [5, 5.41) is 0. The van der Waals surface area contributed by atoms with E-state index in [1.165, 1.54) is 6.20 Å². The first kappa shape index (κ1) is 14.8. The van der Waals surface area contributed by atoms with Crippen LogP contribution in [0.5, 0.6) is 11.5 Å². The number of anilines is 1. The van der Waals surface area contributed by atoms with Gasteiger partial charge in [-0.25, -0.2) is 0 Å². The Labute approximate surface area is 123 Å². The van der Waals surface area contributed by atoms with Crippen LogP contribution in [0.15, 0.2) is 36.7 Å². The van der Waals surface area contributed by atoms with Gasteiger partial charge in [-0.1, -0.05) is 0 Å². The Morgan fingerprint density at radius 1 is 1.19 bits per heavy atom. The number of nitrogens with two attached hydrogens (primary N) is 1. The first-order valence-corrected chi connectivity index (χ1v) is 6.61. The molecule has 0 bridgehead atoms. The highest BCUT2D eigenvalue weighted by atomic mass is 16.5. The van der Waals surface area contributed by atoms with Crippen molar-refractivity contribution in [1.29, 1.82) is 0 Å². The minimum absolute atomic E-state index is 0.0169. The number of rotatable bonds is 5. The van der Waals surface area contributed by atoms with Gasteiger partial charge in [-0.2, -0.15) is 0 Å². The lowest BCUT2D eigenvalue weighted by Gasteiger charge is -2.11. The van der Waals surface area contributed by atoms with E-state index in [0.29, 0.717) is 28.3 Å². The van der Waals surface area contributed by atoms with Gasteiger partial charge in [-0.15, -0.1) is 0 Å². The number of aromatic nitrogens is 1. The molecule has 1 heterocycles. The van der Waals surface area contributed by atoms with Crippen LogP contribution in [0.4, 0.5) is 5.69 Å². The van der Waals surface area contributed by atoms with Crippen molar-refractivity contribution in [3.63, 3.8) is 0 Å². The van der Waals surface area contributed by atoms with E-state index in [-0.39, 0.29) is 11.9 Å². The number of methoxy groups -OCH3 is 1. The van der Waals surface area contributed by atoms with Crippen molar-refractivity contribution in [3.8, 4) is 11.5 Å². The van der Waals surface area contributed by atoms with Gasteiger partial charge in [0.15, 0.2) is 5.78 Å². The van der Waals surface area contributed by atoms with E-state index < -0.39 is 0 Å². The first-order chi connectivity index (χ1) is 10.0. The molecule has 2 N–H and O–H groups in total. The molecule has 5 heteroatoms. The molecule has 5 nitrogen and oxygen atoms in total. The Morgan fingerprint density at radius 3 is 2.57 bits per heavy atom. The van der Waals surface area contributed by atoms with Crippen LogP contribution in [0, 0.1) is 0 Å². The average molecular weight is 286 g/mol. The van der Waals surface area contributed by atoms with E-state index in [9.17, 15) is 4.79 Å². The van der Waals surface area contributed by atoms with Gasteiger partial charge in [-0.05, 0) is 32.0 Å². The van der Waals surface area contributed by atoms with E-state index in [1.807, 2.05) is 13.8 Å². The molecular formula is C16H18N2O3. The van der Waals surface area contributed by atoms with Crippen molar-refractivity contribution in [2.24, 2.45) is 0 Å². The van der Waals surface area contributed by atoms with E-state index in [0.717, 1.165) is 0 Å². The maximum atomic E-state index is 12.5. The fourth-order valence-electron chi connectivity index (χ4n) is 1.91. The molecule has 0 saturated carbocycles. The third-order valence-electron chi connectivity index (χ3n) is 2.85. The summed E-state index contributed by atoms with van der Waals surface area (Å²) in [7, 11) is 1.55. The molecule has 0 aliphatic carbocycles.